The molecular weight excluding hydrogens is 296 g/mol. The number of nitrogens with one attached hydrogen (secondary N) is 1. The van der Waals surface area contributed by atoms with Crippen LogP contribution in [0.3, 0.4) is 0 Å². The SMILES string of the molecule is CCc1csc(NC(=O)c2cccn2Cc2ccncc2)n1. The first-order valence-corrected chi connectivity index (χ1v) is 7.94. The Kier molecular flexibility index (Phi) is 4.29. The van der Waals surface area contributed by atoms with Crippen LogP contribution >= 0.6 is 11.3 Å². The molecule has 0 spiro atoms. The molecule has 0 fully saturated rings. The average molecular weight is 312 g/mol. The number of pyridine rings is 1. The molecule has 0 aliphatic carbocycles. The number of amides is 1. The minimum atomic E-state index is -0.143. The van der Waals surface area contributed by atoms with Gasteiger partial charge in [-0.05, 0) is 36.2 Å². The van der Waals surface area contributed by atoms with Gasteiger partial charge in [0, 0.05) is 30.5 Å². The predicted molar refractivity (Wildman–Crippen MR) is 87.2 cm³/mol. The summed E-state index contributed by atoms with van der Waals surface area (Å²) in [6, 6.07) is 7.56. The highest BCUT2D eigenvalue weighted by molar-refractivity contribution is 7.13. The molecule has 3 rings (SSSR count). The zero-order valence-corrected chi connectivity index (χ0v) is 13.0. The predicted octanol–water partition coefficient (Wildman–Crippen LogP) is 3.20. The average Bonchev–Trinajstić information content (AvgIpc) is 3.17. The molecule has 3 heterocycles. The summed E-state index contributed by atoms with van der Waals surface area (Å²) in [5, 5.41) is 5.46. The molecule has 3 aromatic rings. The Morgan fingerprint density at radius 1 is 1.32 bits per heavy atom. The van der Waals surface area contributed by atoms with Gasteiger partial charge in [-0.1, -0.05) is 6.92 Å². The number of hydrogen-bond acceptors (Lipinski definition) is 4. The molecule has 0 saturated carbocycles. The summed E-state index contributed by atoms with van der Waals surface area (Å²) in [6.07, 6.45) is 6.26. The largest absolute Gasteiger partial charge is 0.339 e. The normalized spacial score (nSPS) is 10.6. The van der Waals surface area contributed by atoms with E-state index in [1.165, 1.54) is 11.3 Å². The second-order valence-corrected chi connectivity index (χ2v) is 5.69. The van der Waals surface area contributed by atoms with E-state index in [4.69, 9.17) is 0 Å². The Morgan fingerprint density at radius 2 is 2.14 bits per heavy atom. The molecule has 22 heavy (non-hydrogen) atoms. The maximum Gasteiger partial charge on any atom is 0.274 e. The van der Waals surface area contributed by atoms with Crippen molar-refractivity contribution in [3.05, 3.63) is 65.2 Å². The van der Waals surface area contributed by atoms with Crippen molar-refractivity contribution in [2.24, 2.45) is 0 Å². The molecule has 0 saturated heterocycles. The lowest BCUT2D eigenvalue weighted by molar-refractivity contribution is 0.101. The van der Waals surface area contributed by atoms with E-state index < -0.39 is 0 Å². The lowest BCUT2D eigenvalue weighted by Gasteiger charge is -2.08. The lowest BCUT2D eigenvalue weighted by atomic mass is 10.2. The van der Waals surface area contributed by atoms with Crippen LogP contribution in [0, 0.1) is 0 Å². The molecule has 112 valence electrons. The molecule has 0 bridgehead atoms. The Morgan fingerprint density at radius 3 is 2.86 bits per heavy atom. The van der Waals surface area contributed by atoms with Gasteiger partial charge in [0.25, 0.3) is 5.91 Å². The monoisotopic (exact) mass is 312 g/mol. The van der Waals surface area contributed by atoms with Crippen LogP contribution in [0.1, 0.15) is 28.7 Å². The van der Waals surface area contributed by atoms with Gasteiger partial charge >= 0.3 is 0 Å². The Labute approximate surface area is 132 Å². The third-order valence-corrected chi connectivity index (χ3v) is 4.11. The highest BCUT2D eigenvalue weighted by Crippen LogP contribution is 2.17. The Hall–Kier alpha value is -2.47. The fourth-order valence-electron chi connectivity index (χ4n) is 2.13. The van der Waals surface area contributed by atoms with Gasteiger partial charge in [-0.2, -0.15) is 0 Å². The van der Waals surface area contributed by atoms with Crippen molar-refractivity contribution < 1.29 is 4.79 Å². The molecule has 6 heteroatoms. The topological polar surface area (TPSA) is 59.8 Å². The summed E-state index contributed by atoms with van der Waals surface area (Å²) in [4.78, 5) is 20.8. The van der Waals surface area contributed by atoms with Gasteiger partial charge in [-0.25, -0.2) is 4.98 Å². The van der Waals surface area contributed by atoms with E-state index in [9.17, 15) is 4.79 Å². The molecule has 0 unspecified atom stereocenters. The molecule has 0 aliphatic heterocycles. The van der Waals surface area contributed by atoms with Crippen molar-refractivity contribution in [1.82, 2.24) is 14.5 Å². The van der Waals surface area contributed by atoms with Gasteiger partial charge in [-0.15, -0.1) is 11.3 Å². The van der Waals surface area contributed by atoms with Crippen LogP contribution in [0.15, 0.2) is 48.2 Å². The van der Waals surface area contributed by atoms with E-state index in [0.29, 0.717) is 17.4 Å². The summed E-state index contributed by atoms with van der Waals surface area (Å²) in [6.45, 7) is 2.68. The Bertz CT molecular complexity index is 763. The quantitative estimate of drug-likeness (QED) is 0.787. The van der Waals surface area contributed by atoms with Gasteiger partial charge in [0.1, 0.15) is 5.69 Å². The summed E-state index contributed by atoms with van der Waals surface area (Å²) in [5.74, 6) is -0.143. The van der Waals surface area contributed by atoms with Crippen molar-refractivity contribution in [3.63, 3.8) is 0 Å². The first-order valence-electron chi connectivity index (χ1n) is 7.06. The highest BCUT2D eigenvalue weighted by Gasteiger charge is 2.13. The number of aromatic nitrogens is 3. The standard InChI is InChI=1S/C16H16N4OS/c1-2-13-11-22-16(18-13)19-15(21)14-4-3-9-20(14)10-12-5-7-17-8-6-12/h3-9,11H,2,10H2,1H3,(H,18,19,21). The van der Waals surface area contributed by atoms with E-state index >= 15 is 0 Å². The van der Waals surface area contributed by atoms with E-state index in [1.54, 1.807) is 12.4 Å². The lowest BCUT2D eigenvalue weighted by Crippen LogP contribution is -2.17. The minimum absolute atomic E-state index is 0.143. The van der Waals surface area contributed by atoms with Crippen LogP contribution in [-0.4, -0.2) is 20.4 Å². The number of carbonyl (C=O) groups is 1. The van der Waals surface area contributed by atoms with Crippen molar-refractivity contribution >= 4 is 22.4 Å². The van der Waals surface area contributed by atoms with Crippen molar-refractivity contribution in [2.45, 2.75) is 19.9 Å². The number of aryl methyl sites for hydroxylation is 1. The van der Waals surface area contributed by atoms with Crippen LogP contribution in [-0.2, 0) is 13.0 Å². The van der Waals surface area contributed by atoms with Crippen LogP contribution in [0.25, 0.3) is 0 Å². The summed E-state index contributed by atoms with van der Waals surface area (Å²) < 4.78 is 1.92. The third kappa shape index (κ3) is 3.23. The minimum Gasteiger partial charge on any atom is -0.339 e. The van der Waals surface area contributed by atoms with E-state index in [2.05, 4.69) is 15.3 Å². The van der Waals surface area contributed by atoms with Gasteiger partial charge in [0.15, 0.2) is 5.13 Å². The maximum atomic E-state index is 12.4. The van der Waals surface area contributed by atoms with Gasteiger partial charge < -0.3 is 4.57 Å². The number of anilines is 1. The van der Waals surface area contributed by atoms with Crippen molar-refractivity contribution in [1.29, 1.82) is 0 Å². The highest BCUT2D eigenvalue weighted by atomic mass is 32.1. The number of carbonyl (C=O) groups excluding carboxylic acids is 1. The molecule has 3 aromatic heterocycles. The first kappa shape index (κ1) is 14.5. The maximum absolute atomic E-state index is 12.4. The molecule has 0 atom stereocenters. The fourth-order valence-corrected chi connectivity index (χ4v) is 2.92. The smallest absolute Gasteiger partial charge is 0.274 e. The zero-order chi connectivity index (χ0) is 15.4. The van der Waals surface area contributed by atoms with Crippen molar-refractivity contribution in [3.8, 4) is 0 Å². The van der Waals surface area contributed by atoms with Gasteiger partial charge in [0.05, 0.1) is 5.69 Å². The second-order valence-electron chi connectivity index (χ2n) is 4.83. The van der Waals surface area contributed by atoms with Crippen molar-refractivity contribution in [2.75, 3.05) is 5.32 Å². The molecule has 1 N–H and O–H groups in total. The molecule has 1 amide bonds. The summed E-state index contributed by atoms with van der Waals surface area (Å²) in [7, 11) is 0. The van der Waals surface area contributed by atoms with Crippen LogP contribution in [0.2, 0.25) is 0 Å². The molecule has 0 aliphatic rings. The molecule has 0 radical (unpaired) electrons. The van der Waals surface area contributed by atoms with E-state index in [-0.39, 0.29) is 5.91 Å². The Balaban J connectivity index is 1.74. The van der Waals surface area contributed by atoms with E-state index in [0.717, 1.165) is 17.7 Å². The second kappa shape index (κ2) is 6.53. The zero-order valence-electron chi connectivity index (χ0n) is 12.2. The van der Waals surface area contributed by atoms with E-state index in [1.807, 2.05) is 47.3 Å². The van der Waals surface area contributed by atoms with Crippen LogP contribution in [0.4, 0.5) is 5.13 Å². The van der Waals surface area contributed by atoms with Gasteiger partial charge in [-0.3, -0.25) is 15.1 Å². The number of hydrogen-bond donors (Lipinski definition) is 1. The third-order valence-electron chi connectivity index (χ3n) is 3.30. The molecular formula is C16H16N4OS. The first-order chi connectivity index (χ1) is 10.8. The number of thiazole rings is 1. The van der Waals surface area contributed by atoms with Gasteiger partial charge in [0.2, 0.25) is 0 Å². The van der Waals surface area contributed by atoms with Crippen LogP contribution < -0.4 is 5.32 Å². The summed E-state index contributed by atoms with van der Waals surface area (Å²) >= 11 is 1.45. The molecule has 5 nitrogen and oxygen atoms in total. The molecule has 0 aromatic carbocycles. The number of nitrogens with zero attached hydrogens (tertiary/aromatic N) is 3. The summed E-state index contributed by atoms with van der Waals surface area (Å²) in [5.41, 5.74) is 2.71. The van der Waals surface area contributed by atoms with Crippen LogP contribution in [0.5, 0.6) is 0 Å². The fraction of sp³-hybridized carbons (Fsp3) is 0.188. The number of rotatable bonds is 5.